The van der Waals surface area contributed by atoms with Crippen molar-refractivity contribution in [3.8, 4) is 6.07 Å². The third-order valence-electron chi connectivity index (χ3n) is 5.43. The van der Waals surface area contributed by atoms with Crippen molar-refractivity contribution in [2.24, 2.45) is 22.9 Å². The van der Waals surface area contributed by atoms with E-state index in [4.69, 9.17) is 10.1 Å². The average molecular weight is 348 g/mol. The fraction of sp³-hybridized carbons (Fsp3) is 0.800. The fourth-order valence-corrected chi connectivity index (χ4v) is 4.09. The molecule has 5 atom stereocenters. The summed E-state index contributed by atoms with van der Waals surface area (Å²) in [5.41, 5.74) is 1.07. The van der Waals surface area contributed by atoms with Gasteiger partial charge in [0.05, 0.1) is 24.0 Å². The molecule has 0 spiro atoms. The standard InChI is InChI=1S/C20H32N2O3/c1-2-3-4-7-17(23)8-9-18-19-14-16(12-15(19)13-20(18)24)22-25-11-6-5-10-21/h8-9,15,17-20,23-24H,2-7,11-14H2,1H3/b9-8?,22-16-/t15-,17?,18+,19+,20+/m0/s1. The van der Waals surface area contributed by atoms with E-state index in [9.17, 15) is 10.2 Å². The number of nitrogens with zero attached hydrogens (tertiary/aromatic N) is 2. The van der Waals surface area contributed by atoms with Crippen molar-refractivity contribution in [2.75, 3.05) is 6.61 Å². The van der Waals surface area contributed by atoms with Crippen LogP contribution in [0.5, 0.6) is 0 Å². The van der Waals surface area contributed by atoms with Crippen LogP contribution >= 0.6 is 0 Å². The first kappa shape index (κ1) is 19.9. The van der Waals surface area contributed by atoms with E-state index in [0.29, 0.717) is 31.3 Å². The van der Waals surface area contributed by atoms with Crippen molar-refractivity contribution < 1.29 is 15.1 Å². The highest BCUT2D eigenvalue weighted by atomic mass is 16.6. The van der Waals surface area contributed by atoms with E-state index in [1.54, 1.807) is 0 Å². The lowest BCUT2D eigenvalue weighted by molar-refractivity contribution is 0.135. The van der Waals surface area contributed by atoms with Crippen LogP contribution in [0.15, 0.2) is 17.3 Å². The molecule has 0 saturated heterocycles. The van der Waals surface area contributed by atoms with E-state index in [1.807, 2.05) is 12.2 Å². The summed E-state index contributed by atoms with van der Waals surface area (Å²) in [6.45, 7) is 2.64. The van der Waals surface area contributed by atoms with Crippen LogP contribution in [0.4, 0.5) is 0 Å². The molecule has 140 valence electrons. The maximum Gasteiger partial charge on any atom is 0.118 e. The number of aliphatic hydroxyl groups excluding tert-OH is 2. The van der Waals surface area contributed by atoms with Crippen LogP contribution in [-0.4, -0.2) is 34.7 Å². The minimum Gasteiger partial charge on any atom is -0.396 e. The Balaban J connectivity index is 1.81. The van der Waals surface area contributed by atoms with Gasteiger partial charge in [0.15, 0.2) is 0 Å². The summed E-state index contributed by atoms with van der Waals surface area (Å²) in [5, 5.41) is 33.1. The average Bonchev–Trinajstić information content (AvgIpc) is 3.09. The van der Waals surface area contributed by atoms with E-state index in [2.05, 4.69) is 18.1 Å². The summed E-state index contributed by atoms with van der Waals surface area (Å²) in [6, 6.07) is 2.09. The Labute approximate surface area is 151 Å². The molecule has 0 aliphatic heterocycles. The van der Waals surface area contributed by atoms with Crippen LogP contribution in [0.2, 0.25) is 0 Å². The fourth-order valence-electron chi connectivity index (χ4n) is 4.09. The van der Waals surface area contributed by atoms with Crippen molar-refractivity contribution in [3.63, 3.8) is 0 Å². The monoisotopic (exact) mass is 348 g/mol. The van der Waals surface area contributed by atoms with Crippen LogP contribution in [0, 0.1) is 29.1 Å². The van der Waals surface area contributed by atoms with Gasteiger partial charge in [-0.05, 0) is 43.9 Å². The number of hydrogen-bond acceptors (Lipinski definition) is 5. The summed E-state index contributed by atoms with van der Waals surface area (Å²) in [5.74, 6) is 0.969. The quantitative estimate of drug-likeness (QED) is 0.359. The van der Waals surface area contributed by atoms with E-state index in [1.165, 1.54) is 0 Å². The second-order valence-electron chi connectivity index (χ2n) is 7.41. The predicted octanol–water partition coefficient (Wildman–Crippen LogP) is 3.57. The maximum atomic E-state index is 10.3. The molecule has 25 heavy (non-hydrogen) atoms. The number of oxime groups is 1. The Morgan fingerprint density at radius 2 is 2.20 bits per heavy atom. The number of unbranched alkanes of at least 4 members (excludes halogenated alkanes) is 3. The Morgan fingerprint density at radius 3 is 2.96 bits per heavy atom. The highest BCUT2D eigenvalue weighted by molar-refractivity contribution is 5.86. The summed E-state index contributed by atoms with van der Waals surface area (Å²) < 4.78 is 0. The van der Waals surface area contributed by atoms with Gasteiger partial charge in [-0.15, -0.1) is 0 Å². The van der Waals surface area contributed by atoms with Crippen molar-refractivity contribution in [3.05, 3.63) is 12.2 Å². The van der Waals surface area contributed by atoms with E-state index in [0.717, 1.165) is 50.7 Å². The molecule has 2 N–H and O–H groups in total. The van der Waals surface area contributed by atoms with Crippen molar-refractivity contribution in [1.82, 2.24) is 0 Å². The SMILES string of the molecule is CCCCCC(O)C=C[C@@H]1[C@@H]2C/C(=N\OCCCC#N)C[C@H]2C[C@H]1O. The van der Waals surface area contributed by atoms with E-state index in [-0.39, 0.29) is 12.0 Å². The first-order chi connectivity index (χ1) is 12.2. The van der Waals surface area contributed by atoms with Gasteiger partial charge in [-0.25, -0.2) is 0 Å². The first-order valence-corrected chi connectivity index (χ1v) is 9.74. The highest BCUT2D eigenvalue weighted by Gasteiger charge is 2.46. The Bertz CT molecular complexity index is 498. The van der Waals surface area contributed by atoms with Gasteiger partial charge in [-0.2, -0.15) is 5.26 Å². The van der Waals surface area contributed by atoms with Crippen molar-refractivity contribution >= 4 is 5.71 Å². The van der Waals surface area contributed by atoms with E-state index < -0.39 is 6.10 Å². The molecule has 5 heteroatoms. The molecule has 2 aliphatic rings. The molecule has 0 aromatic carbocycles. The third-order valence-corrected chi connectivity index (χ3v) is 5.43. The summed E-state index contributed by atoms with van der Waals surface area (Å²) in [6.07, 6.45) is 11.1. The zero-order valence-corrected chi connectivity index (χ0v) is 15.3. The van der Waals surface area contributed by atoms with Crippen LogP contribution in [0.3, 0.4) is 0 Å². The zero-order chi connectivity index (χ0) is 18.1. The Kier molecular flexibility index (Phi) is 8.43. The first-order valence-electron chi connectivity index (χ1n) is 9.74. The normalized spacial score (nSPS) is 31.4. The molecule has 2 rings (SSSR count). The van der Waals surface area contributed by atoms with Crippen LogP contribution in [-0.2, 0) is 4.84 Å². The molecule has 5 nitrogen and oxygen atoms in total. The molecule has 0 amide bonds. The molecule has 1 unspecified atom stereocenters. The van der Waals surface area contributed by atoms with Gasteiger partial charge in [0.25, 0.3) is 0 Å². The number of rotatable bonds is 10. The molecule has 0 radical (unpaired) electrons. The molecule has 0 aromatic rings. The number of fused-ring (bicyclic) bond motifs is 1. The number of aliphatic hydroxyl groups is 2. The maximum absolute atomic E-state index is 10.3. The second kappa shape index (κ2) is 10.6. The van der Waals surface area contributed by atoms with Gasteiger partial charge in [0.2, 0.25) is 0 Å². The minimum absolute atomic E-state index is 0.108. The van der Waals surface area contributed by atoms with Gasteiger partial charge in [-0.1, -0.05) is 43.5 Å². The van der Waals surface area contributed by atoms with Gasteiger partial charge >= 0.3 is 0 Å². The predicted molar refractivity (Wildman–Crippen MR) is 97.9 cm³/mol. The highest BCUT2D eigenvalue weighted by Crippen LogP contribution is 2.47. The van der Waals surface area contributed by atoms with Crippen molar-refractivity contribution in [2.45, 2.75) is 76.9 Å². The lowest BCUT2D eigenvalue weighted by atomic mass is 9.90. The summed E-state index contributed by atoms with van der Waals surface area (Å²) >= 11 is 0. The van der Waals surface area contributed by atoms with Gasteiger partial charge in [0.1, 0.15) is 6.61 Å². The largest absolute Gasteiger partial charge is 0.396 e. The smallest absolute Gasteiger partial charge is 0.118 e. The lowest BCUT2D eigenvalue weighted by Gasteiger charge is -2.17. The molecule has 0 aromatic heterocycles. The topological polar surface area (TPSA) is 85.8 Å². The molecule has 2 saturated carbocycles. The Morgan fingerprint density at radius 1 is 1.36 bits per heavy atom. The molecular formula is C20H32N2O3. The van der Waals surface area contributed by atoms with Crippen LogP contribution in [0.1, 0.15) is 64.7 Å². The van der Waals surface area contributed by atoms with Crippen molar-refractivity contribution in [1.29, 1.82) is 5.26 Å². The summed E-state index contributed by atoms with van der Waals surface area (Å²) in [4.78, 5) is 5.32. The zero-order valence-electron chi connectivity index (χ0n) is 15.3. The van der Waals surface area contributed by atoms with Gasteiger partial charge in [-0.3, -0.25) is 0 Å². The van der Waals surface area contributed by atoms with Gasteiger partial charge in [0, 0.05) is 12.3 Å². The van der Waals surface area contributed by atoms with Crippen LogP contribution < -0.4 is 0 Å². The molecular weight excluding hydrogens is 316 g/mol. The third kappa shape index (κ3) is 6.13. The second-order valence-corrected chi connectivity index (χ2v) is 7.41. The number of hydrogen-bond donors (Lipinski definition) is 2. The van der Waals surface area contributed by atoms with E-state index >= 15 is 0 Å². The molecule has 2 aliphatic carbocycles. The Hall–Kier alpha value is -1.38. The lowest BCUT2D eigenvalue weighted by Crippen LogP contribution is -2.18. The molecule has 0 heterocycles. The van der Waals surface area contributed by atoms with Gasteiger partial charge < -0.3 is 15.1 Å². The molecule has 2 fully saturated rings. The summed E-state index contributed by atoms with van der Waals surface area (Å²) in [7, 11) is 0. The molecule has 0 bridgehead atoms. The number of nitriles is 1. The van der Waals surface area contributed by atoms with Crippen LogP contribution in [0.25, 0.3) is 0 Å². The minimum atomic E-state index is -0.407.